The van der Waals surface area contributed by atoms with E-state index in [0.29, 0.717) is 6.04 Å². The van der Waals surface area contributed by atoms with E-state index in [2.05, 4.69) is 89.1 Å². The maximum Gasteiger partial charge on any atom is 0.114 e. The Kier molecular flexibility index (Phi) is 12.6. The molecule has 0 radical (unpaired) electrons. The summed E-state index contributed by atoms with van der Waals surface area (Å²) in [6, 6.07) is 0.355. The third kappa shape index (κ3) is 7.89. The Morgan fingerprint density at radius 1 is 1.19 bits per heavy atom. The summed E-state index contributed by atoms with van der Waals surface area (Å²) in [6.45, 7) is 19.5. The molecule has 202 valence electrons. The van der Waals surface area contributed by atoms with Gasteiger partial charge >= 0.3 is 0 Å². The number of aromatic nitrogens is 2. The van der Waals surface area contributed by atoms with Crippen LogP contribution in [0.2, 0.25) is 0 Å². The average molecular weight is 498 g/mol. The minimum atomic E-state index is 0.355. The molecule has 1 saturated carbocycles. The highest BCUT2D eigenvalue weighted by molar-refractivity contribution is 6.04. The maximum absolute atomic E-state index is 4.95. The maximum atomic E-state index is 4.95. The lowest BCUT2D eigenvalue weighted by molar-refractivity contribution is 0.160. The summed E-state index contributed by atoms with van der Waals surface area (Å²) in [6.07, 6.45) is 12.0. The van der Waals surface area contributed by atoms with Crippen LogP contribution in [0.25, 0.3) is 5.82 Å². The van der Waals surface area contributed by atoms with Gasteiger partial charge in [-0.25, -0.2) is 4.98 Å². The second kappa shape index (κ2) is 15.1. The molecule has 0 bridgehead atoms. The van der Waals surface area contributed by atoms with Gasteiger partial charge in [-0.2, -0.15) is 0 Å². The van der Waals surface area contributed by atoms with Crippen LogP contribution in [0.3, 0.4) is 0 Å². The van der Waals surface area contributed by atoms with E-state index in [1.165, 1.54) is 23.5 Å². The Bertz CT molecular complexity index is 901. The molecule has 2 fully saturated rings. The zero-order chi connectivity index (χ0) is 26.7. The minimum Gasteiger partial charge on any atom is -0.355 e. The lowest BCUT2D eigenvalue weighted by atomic mass is 9.87. The van der Waals surface area contributed by atoms with Crippen molar-refractivity contribution in [1.82, 2.24) is 29.2 Å². The van der Waals surface area contributed by atoms with Crippen molar-refractivity contribution in [3.05, 3.63) is 48.1 Å². The van der Waals surface area contributed by atoms with Crippen molar-refractivity contribution in [2.24, 2.45) is 4.99 Å². The first kappa shape index (κ1) is 30.0. The molecule has 1 saturated heterocycles. The molecule has 0 spiro atoms. The first-order chi connectivity index (χ1) is 17.4. The third-order valence-corrected chi connectivity index (χ3v) is 7.11. The van der Waals surface area contributed by atoms with Gasteiger partial charge < -0.3 is 9.80 Å². The van der Waals surface area contributed by atoms with Crippen molar-refractivity contribution < 1.29 is 0 Å². The summed E-state index contributed by atoms with van der Waals surface area (Å²) >= 11 is 0. The lowest BCUT2D eigenvalue weighted by Crippen LogP contribution is -2.47. The Morgan fingerprint density at radius 3 is 2.47 bits per heavy atom. The summed E-state index contributed by atoms with van der Waals surface area (Å²) < 4.78 is 2.24. The highest BCUT2D eigenvalue weighted by Crippen LogP contribution is 2.26. The van der Waals surface area contributed by atoms with Gasteiger partial charge in [0.15, 0.2) is 0 Å². The molecule has 1 aliphatic carbocycles. The summed E-state index contributed by atoms with van der Waals surface area (Å²) in [5, 5.41) is 0. The van der Waals surface area contributed by atoms with Crippen molar-refractivity contribution in [3.8, 4) is 0 Å². The molecule has 2 aliphatic rings. The van der Waals surface area contributed by atoms with Crippen LogP contribution in [-0.4, -0.2) is 108 Å². The summed E-state index contributed by atoms with van der Waals surface area (Å²) in [7, 11) is 8.41. The summed E-state index contributed by atoms with van der Waals surface area (Å²) in [5.41, 5.74) is 3.74. The molecule has 7 nitrogen and oxygen atoms in total. The molecule has 1 aliphatic heterocycles. The van der Waals surface area contributed by atoms with E-state index in [-0.39, 0.29) is 0 Å². The number of piperazine rings is 1. The number of imidazole rings is 1. The molecule has 2 heterocycles. The topological polar surface area (TPSA) is 43.1 Å². The fourth-order valence-electron chi connectivity index (χ4n) is 5.17. The lowest BCUT2D eigenvalue weighted by Gasteiger charge is -2.38. The number of aliphatic imine (C=N–C) groups is 1. The van der Waals surface area contributed by atoms with Gasteiger partial charge in [-0.3, -0.25) is 19.4 Å². The van der Waals surface area contributed by atoms with E-state index >= 15 is 0 Å². The Labute approximate surface area is 220 Å². The van der Waals surface area contributed by atoms with E-state index in [1.54, 1.807) is 0 Å². The fraction of sp³-hybridized carbons (Fsp3) is 0.655. The van der Waals surface area contributed by atoms with E-state index in [0.717, 1.165) is 70.2 Å². The van der Waals surface area contributed by atoms with Crippen LogP contribution in [0.5, 0.6) is 0 Å². The number of aryl methyl sites for hydroxylation is 1. The zero-order valence-corrected chi connectivity index (χ0v) is 24.3. The van der Waals surface area contributed by atoms with Gasteiger partial charge in [0.1, 0.15) is 11.6 Å². The van der Waals surface area contributed by atoms with Gasteiger partial charge in [0.25, 0.3) is 0 Å². The molecule has 3 rings (SSSR count). The molecule has 0 amide bonds. The van der Waals surface area contributed by atoms with Crippen molar-refractivity contribution >= 4 is 11.5 Å². The van der Waals surface area contributed by atoms with Crippen molar-refractivity contribution in [3.63, 3.8) is 0 Å². The standard InChI is InChI=1S/C27H45N7.C2H6/c1-8-11-26(33-18-16-32(17-19-33)15-14-30(5)6)34-21-24(29-22(34)3)20-31(7)25-13-10-12-23(9-2)27(25)28-4;1-2/h8-9,11,21,25H,1,10,12-20H2,2-7H3;1-2H3/b23-9-,26-11-,28-27?;. The van der Waals surface area contributed by atoms with Gasteiger partial charge in [0, 0.05) is 59.1 Å². The van der Waals surface area contributed by atoms with Crippen LogP contribution in [-0.2, 0) is 6.54 Å². The van der Waals surface area contributed by atoms with Crippen LogP contribution in [0.4, 0.5) is 0 Å². The third-order valence-electron chi connectivity index (χ3n) is 7.11. The number of likely N-dealkylation sites (N-methyl/N-ethyl adjacent to an activating group) is 1. The number of hydrogen-bond acceptors (Lipinski definition) is 6. The normalized spacial score (nSPS) is 21.9. The predicted molar refractivity (Wildman–Crippen MR) is 156 cm³/mol. The average Bonchev–Trinajstić information content (AvgIpc) is 3.26. The molecule has 0 aromatic carbocycles. The Hall–Kier alpha value is -2.22. The molecule has 0 N–H and O–H groups in total. The van der Waals surface area contributed by atoms with Gasteiger partial charge in [0.2, 0.25) is 0 Å². The largest absolute Gasteiger partial charge is 0.355 e. The van der Waals surface area contributed by atoms with Crippen molar-refractivity contribution in [2.75, 3.05) is 67.5 Å². The smallest absolute Gasteiger partial charge is 0.114 e. The first-order valence-electron chi connectivity index (χ1n) is 13.7. The van der Waals surface area contributed by atoms with Gasteiger partial charge in [0.05, 0.1) is 17.4 Å². The number of rotatable bonds is 9. The highest BCUT2D eigenvalue weighted by atomic mass is 15.3. The van der Waals surface area contributed by atoms with Crippen LogP contribution in [0, 0.1) is 6.92 Å². The fourth-order valence-corrected chi connectivity index (χ4v) is 5.17. The molecule has 1 unspecified atom stereocenters. The monoisotopic (exact) mass is 497 g/mol. The quantitative estimate of drug-likeness (QED) is 0.474. The van der Waals surface area contributed by atoms with Gasteiger partial charge in [-0.15, -0.1) is 0 Å². The highest BCUT2D eigenvalue weighted by Gasteiger charge is 2.28. The van der Waals surface area contributed by atoms with Crippen molar-refractivity contribution in [1.29, 1.82) is 0 Å². The summed E-state index contributed by atoms with van der Waals surface area (Å²) in [5.74, 6) is 2.19. The summed E-state index contributed by atoms with van der Waals surface area (Å²) in [4.78, 5) is 19.3. The number of allylic oxidation sites excluding steroid dienone is 3. The van der Waals surface area contributed by atoms with Crippen LogP contribution >= 0.6 is 0 Å². The number of hydrogen-bond donors (Lipinski definition) is 0. The van der Waals surface area contributed by atoms with Crippen LogP contribution in [0.1, 0.15) is 51.6 Å². The van der Waals surface area contributed by atoms with E-state index in [1.807, 2.05) is 27.0 Å². The first-order valence-corrected chi connectivity index (χ1v) is 13.7. The minimum absolute atomic E-state index is 0.355. The van der Waals surface area contributed by atoms with E-state index < -0.39 is 0 Å². The van der Waals surface area contributed by atoms with Gasteiger partial charge in [-0.1, -0.05) is 32.6 Å². The molecule has 7 heteroatoms. The molecule has 36 heavy (non-hydrogen) atoms. The molecule has 1 atom stereocenters. The Balaban J connectivity index is 0.00000222. The molecule has 1 aromatic rings. The van der Waals surface area contributed by atoms with Crippen molar-refractivity contribution in [2.45, 2.75) is 59.5 Å². The second-order valence-corrected chi connectivity index (χ2v) is 9.79. The number of nitrogens with zero attached hydrogens (tertiary/aromatic N) is 7. The van der Waals surface area contributed by atoms with E-state index in [9.17, 15) is 0 Å². The van der Waals surface area contributed by atoms with E-state index in [4.69, 9.17) is 4.98 Å². The second-order valence-electron chi connectivity index (χ2n) is 9.79. The molecule has 1 aromatic heterocycles. The SMILES string of the molecule is C=C/C=C(/N1CCN(CCN(C)C)CC1)n1cc(CN(C)C2CCC/C(=C/C)C2=NC)nc1C.CC. The predicted octanol–water partition coefficient (Wildman–Crippen LogP) is 4.38. The Morgan fingerprint density at radius 2 is 1.89 bits per heavy atom. The molecular formula is C29H51N7. The zero-order valence-electron chi connectivity index (χ0n) is 24.3. The van der Waals surface area contributed by atoms with Gasteiger partial charge in [-0.05, 0) is 65.9 Å². The van der Waals surface area contributed by atoms with Crippen LogP contribution < -0.4 is 0 Å². The van der Waals surface area contributed by atoms with Crippen LogP contribution in [0.15, 0.2) is 41.6 Å². The molecular weight excluding hydrogens is 446 g/mol.